The number of benzene rings is 1. The topological polar surface area (TPSA) is 55.6 Å². The first kappa shape index (κ1) is 15.8. The molecule has 0 bridgehead atoms. The zero-order valence-electron chi connectivity index (χ0n) is 13.0. The van der Waals surface area contributed by atoms with Gasteiger partial charge in [0, 0.05) is 19.1 Å². The molecule has 1 fully saturated rings. The lowest BCUT2D eigenvalue weighted by molar-refractivity contribution is -0.131. The number of ether oxygens (including phenoxy) is 1. The molecule has 116 valence electrons. The second kappa shape index (κ2) is 7.46. The van der Waals surface area contributed by atoms with E-state index in [1.54, 1.807) is 0 Å². The smallest absolute Gasteiger partial charge is 0.226 e. The third kappa shape index (κ3) is 5.05. The molecule has 1 aliphatic rings. The molecule has 0 aromatic heterocycles. The van der Waals surface area contributed by atoms with E-state index in [-0.39, 0.29) is 11.9 Å². The average Bonchev–Trinajstić information content (AvgIpc) is 2.47. The molecule has 1 aromatic carbocycles. The van der Waals surface area contributed by atoms with Crippen molar-refractivity contribution in [2.75, 3.05) is 19.7 Å². The lowest BCUT2D eigenvalue weighted by Gasteiger charge is -2.30. The summed E-state index contributed by atoms with van der Waals surface area (Å²) in [7, 11) is 0. The first-order valence-corrected chi connectivity index (χ1v) is 7.79. The van der Waals surface area contributed by atoms with E-state index in [0.29, 0.717) is 18.9 Å². The lowest BCUT2D eigenvalue weighted by atomic mass is 10.0. The molecule has 1 aromatic rings. The second-order valence-corrected chi connectivity index (χ2v) is 6.24. The number of piperidine rings is 1. The third-order valence-electron chi connectivity index (χ3n) is 3.75. The Kier molecular flexibility index (Phi) is 5.62. The van der Waals surface area contributed by atoms with Crippen LogP contribution in [0.15, 0.2) is 24.3 Å². The summed E-state index contributed by atoms with van der Waals surface area (Å²) in [6.45, 7) is 6.53. The summed E-state index contributed by atoms with van der Waals surface area (Å²) in [6, 6.07) is 8.09. The molecular formula is C17H26N2O2. The number of nitrogens with zero attached hydrogens (tertiary/aromatic N) is 1. The van der Waals surface area contributed by atoms with E-state index < -0.39 is 0 Å². The van der Waals surface area contributed by atoms with Crippen LogP contribution in [-0.4, -0.2) is 36.5 Å². The maximum Gasteiger partial charge on any atom is 0.226 e. The number of carbonyl (C=O) groups is 1. The minimum atomic E-state index is 0.192. The van der Waals surface area contributed by atoms with Gasteiger partial charge in [0.15, 0.2) is 0 Å². The monoisotopic (exact) mass is 290 g/mol. The molecule has 21 heavy (non-hydrogen) atoms. The summed E-state index contributed by atoms with van der Waals surface area (Å²) < 4.78 is 5.65. The molecule has 0 unspecified atom stereocenters. The predicted molar refractivity (Wildman–Crippen MR) is 84.3 cm³/mol. The van der Waals surface area contributed by atoms with Gasteiger partial charge in [0.2, 0.25) is 5.91 Å². The van der Waals surface area contributed by atoms with Crippen LogP contribution in [0, 0.1) is 5.92 Å². The van der Waals surface area contributed by atoms with Gasteiger partial charge < -0.3 is 15.4 Å². The van der Waals surface area contributed by atoms with Crippen LogP contribution >= 0.6 is 0 Å². The first-order valence-electron chi connectivity index (χ1n) is 7.79. The molecule has 0 radical (unpaired) electrons. The quantitative estimate of drug-likeness (QED) is 0.904. The average molecular weight is 290 g/mol. The van der Waals surface area contributed by atoms with Crippen molar-refractivity contribution < 1.29 is 9.53 Å². The molecule has 0 saturated carbocycles. The van der Waals surface area contributed by atoms with Crippen molar-refractivity contribution >= 4 is 5.91 Å². The van der Waals surface area contributed by atoms with Crippen LogP contribution in [0.1, 0.15) is 32.3 Å². The van der Waals surface area contributed by atoms with Crippen molar-refractivity contribution in [2.45, 2.75) is 39.2 Å². The number of rotatable bonds is 5. The van der Waals surface area contributed by atoms with Gasteiger partial charge in [-0.05, 0) is 36.5 Å². The molecule has 1 heterocycles. The summed E-state index contributed by atoms with van der Waals surface area (Å²) >= 11 is 0. The molecular weight excluding hydrogens is 264 g/mol. The van der Waals surface area contributed by atoms with Gasteiger partial charge in [-0.25, -0.2) is 0 Å². The molecule has 2 rings (SSSR count). The van der Waals surface area contributed by atoms with Crippen molar-refractivity contribution in [3.05, 3.63) is 29.8 Å². The molecule has 0 atom stereocenters. The summed E-state index contributed by atoms with van der Waals surface area (Å²) in [5, 5.41) is 0. The molecule has 1 amide bonds. The Morgan fingerprint density at radius 3 is 2.48 bits per heavy atom. The Morgan fingerprint density at radius 1 is 1.29 bits per heavy atom. The summed E-state index contributed by atoms with van der Waals surface area (Å²) in [6.07, 6.45) is 2.28. The highest BCUT2D eigenvalue weighted by molar-refractivity contribution is 5.78. The molecule has 4 heteroatoms. The van der Waals surface area contributed by atoms with Crippen LogP contribution in [0.5, 0.6) is 5.75 Å². The van der Waals surface area contributed by atoms with Crippen LogP contribution in [0.25, 0.3) is 0 Å². The van der Waals surface area contributed by atoms with Crippen LogP contribution in [-0.2, 0) is 11.2 Å². The van der Waals surface area contributed by atoms with E-state index in [1.165, 1.54) is 0 Å². The predicted octanol–water partition coefficient (Wildman–Crippen LogP) is 2.21. The van der Waals surface area contributed by atoms with Crippen molar-refractivity contribution in [3.8, 4) is 5.75 Å². The van der Waals surface area contributed by atoms with Crippen LogP contribution in [0.2, 0.25) is 0 Å². The molecule has 0 aliphatic carbocycles. The summed E-state index contributed by atoms with van der Waals surface area (Å²) in [4.78, 5) is 14.2. The Bertz CT molecular complexity index is 448. The Hall–Kier alpha value is -1.55. The molecule has 2 N–H and O–H groups in total. The highest BCUT2D eigenvalue weighted by Gasteiger charge is 2.20. The van der Waals surface area contributed by atoms with Gasteiger partial charge in [-0.15, -0.1) is 0 Å². The molecule has 4 nitrogen and oxygen atoms in total. The number of hydrogen-bond acceptors (Lipinski definition) is 3. The van der Waals surface area contributed by atoms with Gasteiger partial charge in [-0.1, -0.05) is 26.0 Å². The fraction of sp³-hybridized carbons (Fsp3) is 0.588. The van der Waals surface area contributed by atoms with Crippen molar-refractivity contribution in [1.29, 1.82) is 0 Å². The Balaban J connectivity index is 1.83. The second-order valence-electron chi connectivity index (χ2n) is 6.24. The zero-order valence-corrected chi connectivity index (χ0v) is 13.0. The molecule has 1 saturated heterocycles. The normalized spacial score (nSPS) is 16.3. The Morgan fingerprint density at radius 2 is 1.90 bits per heavy atom. The number of likely N-dealkylation sites (tertiary alicyclic amines) is 1. The maximum atomic E-state index is 12.2. The highest BCUT2D eigenvalue weighted by Crippen LogP contribution is 2.15. The van der Waals surface area contributed by atoms with Gasteiger partial charge in [-0.2, -0.15) is 0 Å². The fourth-order valence-electron chi connectivity index (χ4n) is 2.40. The van der Waals surface area contributed by atoms with Crippen molar-refractivity contribution in [1.82, 2.24) is 4.90 Å². The number of hydrogen-bond donors (Lipinski definition) is 1. The minimum Gasteiger partial charge on any atom is -0.493 e. The van der Waals surface area contributed by atoms with Crippen molar-refractivity contribution in [2.24, 2.45) is 11.7 Å². The fourth-order valence-corrected chi connectivity index (χ4v) is 2.40. The van der Waals surface area contributed by atoms with E-state index in [1.807, 2.05) is 29.2 Å². The first-order chi connectivity index (χ1) is 10.0. The van der Waals surface area contributed by atoms with Gasteiger partial charge >= 0.3 is 0 Å². The van der Waals surface area contributed by atoms with E-state index >= 15 is 0 Å². The minimum absolute atomic E-state index is 0.192. The summed E-state index contributed by atoms with van der Waals surface area (Å²) in [5.74, 6) is 1.57. The van der Waals surface area contributed by atoms with Gasteiger partial charge in [0.05, 0.1) is 13.0 Å². The van der Waals surface area contributed by atoms with E-state index in [2.05, 4.69) is 13.8 Å². The number of nitrogens with two attached hydrogens (primary N) is 1. The largest absolute Gasteiger partial charge is 0.493 e. The van der Waals surface area contributed by atoms with E-state index in [9.17, 15) is 4.79 Å². The lowest BCUT2D eigenvalue weighted by Crippen LogP contribution is -2.43. The highest BCUT2D eigenvalue weighted by atomic mass is 16.5. The van der Waals surface area contributed by atoms with Gasteiger partial charge in [0.25, 0.3) is 0 Å². The standard InChI is InChI=1S/C17H26N2O2/c1-13(2)12-21-16-5-3-14(4-6-16)11-17(20)19-9-7-15(18)8-10-19/h3-6,13,15H,7-12,18H2,1-2H3. The zero-order chi connectivity index (χ0) is 15.2. The van der Waals surface area contributed by atoms with Crippen LogP contribution in [0.3, 0.4) is 0 Å². The molecule has 0 spiro atoms. The van der Waals surface area contributed by atoms with Gasteiger partial charge in [0.1, 0.15) is 5.75 Å². The van der Waals surface area contributed by atoms with Crippen LogP contribution in [0.4, 0.5) is 0 Å². The SMILES string of the molecule is CC(C)COc1ccc(CC(=O)N2CCC(N)CC2)cc1. The Labute approximate surface area is 127 Å². The number of carbonyl (C=O) groups excluding carboxylic acids is 1. The van der Waals surface area contributed by atoms with Gasteiger partial charge in [-0.3, -0.25) is 4.79 Å². The third-order valence-corrected chi connectivity index (χ3v) is 3.75. The van der Waals surface area contributed by atoms with E-state index in [4.69, 9.17) is 10.5 Å². The van der Waals surface area contributed by atoms with E-state index in [0.717, 1.165) is 37.2 Å². The maximum absolute atomic E-state index is 12.2. The summed E-state index contributed by atoms with van der Waals surface area (Å²) in [5.41, 5.74) is 6.90. The molecule has 1 aliphatic heterocycles. The van der Waals surface area contributed by atoms with Crippen LogP contribution < -0.4 is 10.5 Å². The van der Waals surface area contributed by atoms with Crippen molar-refractivity contribution in [3.63, 3.8) is 0 Å². The number of amides is 1.